The summed E-state index contributed by atoms with van der Waals surface area (Å²) in [4.78, 5) is 6.69. The lowest BCUT2D eigenvalue weighted by molar-refractivity contribution is -0.0933. The van der Waals surface area contributed by atoms with E-state index in [2.05, 4.69) is 49.0 Å². The van der Waals surface area contributed by atoms with Crippen LogP contribution in [0.5, 0.6) is 0 Å². The molecule has 1 N–H and O–H groups in total. The van der Waals surface area contributed by atoms with E-state index >= 15 is 0 Å². The molecule has 0 unspecified atom stereocenters. The van der Waals surface area contributed by atoms with Crippen molar-refractivity contribution in [2.75, 3.05) is 25.0 Å². The average molecular weight is 288 g/mol. The van der Waals surface area contributed by atoms with Crippen LogP contribution in [0, 0.1) is 11.3 Å². The van der Waals surface area contributed by atoms with E-state index in [-0.39, 0.29) is 17.7 Å². The van der Waals surface area contributed by atoms with Gasteiger partial charge in [0.25, 0.3) is 0 Å². The Morgan fingerprint density at radius 2 is 2.10 bits per heavy atom. The first-order chi connectivity index (χ1) is 9.92. The van der Waals surface area contributed by atoms with Crippen LogP contribution in [-0.2, 0) is 4.74 Å². The Labute approximate surface area is 126 Å². The molecule has 0 aliphatic carbocycles. The molecular formula is C16H24N4O. The lowest BCUT2D eigenvalue weighted by atomic mass is 10.00. The zero-order chi connectivity index (χ0) is 15.5. The molecule has 5 heteroatoms. The molecular weight excluding hydrogens is 264 g/mol. The van der Waals surface area contributed by atoms with Crippen molar-refractivity contribution in [3.63, 3.8) is 0 Å². The molecule has 2 heterocycles. The van der Waals surface area contributed by atoms with Crippen LogP contribution < -0.4 is 5.32 Å². The van der Waals surface area contributed by atoms with E-state index in [9.17, 15) is 0 Å². The fourth-order valence-corrected chi connectivity index (χ4v) is 2.72. The first kappa shape index (κ1) is 15.7. The van der Waals surface area contributed by atoms with Crippen molar-refractivity contribution < 1.29 is 4.74 Å². The van der Waals surface area contributed by atoms with Crippen molar-refractivity contribution in [3.05, 3.63) is 23.9 Å². The average Bonchev–Trinajstić information content (AvgIpc) is 2.44. The SMILES string of the molecule is C[C@H]1CN(C(C)(C)CNc2ncccc2C#N)C[C@H](C)O1. The van der Waals surface area contributed by atoms with Gasteiger partial charge >= 0.3 is 0 Å². The first-order valence-electron chi connectivity index (χ1n) is 7.42. The van der Waals surface area contributed by atoms with Crippen LogP contribution in [0.3, 0.4) is 0 Å². The van der Waals surface area contributed by atoms with Gasteiger partial charge in [0, 0.05) is 31.4 Å². The van der Waals surface area contributed by atoms with E-state index in [1.807, 2.05) is 0 Å². The van der Waals surface area contributed by atoms with Gasteiger partial charge in [-0.1, -0.05) is 0 Å². The zero-order valence-corrected chi connectivity index (χ0v) is 13.3. The van der Waals surface area contributed by atoms with Gasteiger partial charge in [-0.15, -0.1) is 0 Å². The molecule has 2 rings (SSSR count). The van der Waals surface area contributed by atoms with Gasteiger partial charge in [0.1, 0.15) is 11.9 Å². The number of anilines is 1. The van der Waals surface area contributed by atoms with Crippen molar-refractivity contribution in [1.82, 2.24) is 9.88 Å². The van der Waals surface area contributed by atoms with Crippen molar-refractivity contribution in [1.29, 1.82) is 5.26 Å². The van der Waals surface area contributed by atoms with E-state index in [1.165, 1.54) is 0 Å². The van der Waals surface area contributed by atoms with Gasteiger partial charge in [-0.3, -0.25) is 4.90 Å². The molecule has 5 nitrogen and oxygen atoms in total. The predicted octanol–water partition coefficient (Wildman–Crippen LogP) is 2.25. The molecule has 0 amide bonds. The summed E-state index contributed by atoms with van der Waals surface area (Å²) in [5.41, 5.74) is 0.549. The van der Waals surface area contributed by atoms with E-state index in [4.69, 9.17) is 10.00 Å². The Balaban J connectivity index is 2.02. The number of hydrogen-bond acceptors (Lipinski definition) is 5. The number of ether oxygens (including phenoxy) is 1. The number of nitriles is 1. The minimum absolute atomic E-state index is 0.0312. The maximum absolute atomic E-state index is 9.11. The molecule has 1 saturated heterocycles. The van der Waals surface area contributed by atoms with Gasteiger partial charge in [0.15, 0.2) is 0 Å². The summed E-state index contributed by atoms with van der Waals surface area (Å²) >= 11 is 0. The quantitative estimate of drug-likeness (QED) is 0.920. The highest BCUT2D eigenvalue weighted by Gasteiger charge is 2.33. The van der Waals surface area contributed by atoms with E-state index < -0.39 is 0 Å². The second-order valence-electron chi connectivity index (χ2n) is 6.34. The third-order valence-corrected chi connectivity index (χ3v) is 3.89. The molecule has 1 aromatic heterocycles. The Kier molecular flexibility index (Phi) is 4.81. The smallest absolute Gasteiger partial charge is 0.143 e. The van der Waals surface area contributed by atoms with Crippen LogP contribution in [0.2, 0.25) is 0 Å². The summed E-state index contributed by atoms with van der Waals surface area (Å²) in [6.07, 6.45) is 2.20. The van der Waals surface area contributed by atoms with Crippen molar-refractivity contribution in [2.24, 2.45) is 0 Å². The maximum Gasteiger partial charge on any atom is 0.143 e. The molecule has 0 saturated carbocycles. The lowest BCUT2D eigenvalue weighted by Crippen LogP contribution is -2.57. The third kappa shape index (κ3) is 3.93. The van der Waals surface area contributed by atoms with E-state index in [1.54, 1.807) is 18.3 Å². The predicted molar refractivity (Wildman–Crippen MR) is 83.1 cm³/mol. The third-order valence-electron chi connectivity index (χ3n) is 3.89. The van der Waals surface area contributed by atoms with Gasteiger partial charge in [-0.2, -0.15) is 5.26 Å². The normalized spacial score (nSPS) is 23.6. The summed E-state index contributed by atoms with van der Waals surface area (Å²) < 4.78 is 5.79. The number of morpholine rings is 1. The van der Waals surface area contributed by atoms with Gasteiger partial charge in [0.2, 0.25) is 0 Å². The molecule has 0 bridgehead atoms. The molecule has 2 atom stereocenters. The number of nitrogens with one attached hydrogen (secondary N) is 1. The maximum atomic E-state index is 9.11. The number of pyridine rings is 1. The largest absolute Gasteiger partial charge is 0.373 e. The fourth-order valence-electron chi connectivity index (χ4n) is 2.72. The van der Waals surface area contributed by atoms with Crippen LogP contribution in [0.4, 0.5) is 5.82 Å². The number of nitrogens with zero attached hydrogens (tertiary/aromatic N) is 3. The molecule has 0 spiro atoms. The minimum Gasteiger partial charge on any atom is -0.373 e. The van der Waals surface area contributed by atoms with Crippen LogP contribution in [0.1, 0.15) is 33.3 Å². The van der Waals surface area contributed by atoms with Gasteiger partial charge < -0.3 is 10.1 Å². The number of aromatic nitrogens is 1. The Morgan fingerprint density at radius 3 is 2.71 bits per heavy atom. The van der Waals surface area contributed by atoms with E-state index in [0.717, 1.165) is 19.6 Å². The second-order valence-corrected chi connectivity index (χ2v) is 6.34. The molecule has 1 aromatic rings. The van der Waals surface area contributed by atoms with Gasteiger partial charge in [0.05, 0.1) is 17.8 Å². The van der Waals surface area contributed by atoms with Gasteiger partial charge in [-0.05, 0) is 39.8 Å². The highest BCUT2D eigenvalue weighted by atomic mass is 16.5. The fraction of sp³-hybridized carbons (Fsp3) is 0.625. The highest BCUT2D eigenvalue weighted by molar-refractivity contribution is 5.51. The van der Waals surface area contributed by atoms with Crippen molar-refractivity contribution in [2.45, 2.75) is 45.4 Å². The molecule has 0 aromatic carbocycles. The van der Waals surface area contributed by atoms with Crippen LogP contribution in [0.25, 0.3) is 0 Å². The van der Waals surface area contributed by atoms with Crippen LogP contribution in [-0.4, -0.2) is 47.3 Å². The molecule has 21 heavy (non-hydrogen) atoms. The van der Waals surface area contributed by atoms with Crippen LogP contribution >= 0.6 is 0 Å². The van der Waals surface area contributed by atoms with Crippen molar-refractivity contribution >= 4 is 5.82 Å². The lowest BCUT2D eigenvalue weighted by Gasteiger charge is -2.45. The van der Waals surface area contributed by atoms with Gasteiger partial charge in [-0.25, -0.2) is 4.98 Å². The second kappa shape index (κ2) is 6.42. The minimum atomic E-state index is -0.0312. The van der Waals surface area contributed by atoms with Crippen LogP contribution in [0.15, 0.2) is 18.3 Å². The topological polar surface area (TPSA) is 61.2 Å². The molecule has 1 fully saturated rings. The summed E-state index contributed by atoms with van der Waals surface area (Å²) in [7, 11) is 0. The van der Waals surface area contributed by atoms with E-state index in [0.29, 0.717) is 11.4 Å². The number of rotatable bonds is 4. The first-order valence-corrected chi connectivity index (χ1v) is 7.42. The highest BCUT2D eigenvalue weighted by Crippen LogP contribution is 2.22. The monoisotopic (exact) mass is 288 g/mol. The summed E-state index contributed by atoms with van der Waals surface area (Å²) in [6.45, 7) is 11.2. The number of hydrogen-bond donors (Lipinski definition) is 1. The summed E-state index contributed by atoms with van der Waals surface area (Å²) in [6, 6.07) is 5.72. The molecule has 1 aliphatic rings. The Morgan fingerprint density at radius 1 is 1.43 bits per heavy atom. The Hall–Kier alpha value is -1.64. The molecule has 0 radical (unpaired) electrons. The standard InChI is InChI=1S/C16H24N4O/c1-12-9-20(10-13(2)21-12)16(3,4)11-19-15-14(8-17)6-5-7-18-15/h5-7,12-13H,9-11H2,1-4H3,(H,18,19)/t12-,13-/m0/s1. The summed E-state index contributed by atoms with van der Waals surface area (Å²) in [5.74, 6) is 0.655. The summed E-state index contributed by atoms with van der Waals surface area (Å²) in [5, 5.41) is 12.4. The molecule has 114 valence electrons. The molecule has 1 aliphatic heterocycles. The van der Waals surface area contributed by atoms with Crippen molar-refractivity contribution in [3.8, 4) is 6.07 Å². The Bertz CT molecular complexity index is 513. The zero-order valence-electron chi connectivity index (χ0n) is 13.3.